The highest BCUT2D eigenvalue weighted by atomic mass is 16.2. The monoisotopic (exact) mass is 445 g/mol. The van der Waals surface area contributed by atoms with E-state index in [1.165, 1.54) is 4.57 Å². The molecule has 0 aliphatic rings. The second-order valence-electron chi connectivity index (χ2n) is 8.20. The molecule has 3 rings (SSSR count). The van der Waals surface area contributed by atoms with Gasteiger partial charge in [-0.1, -0.05) is 67.6 Å². The molecule has 1 heterocycles. The quantitative estimate of drug-likeness (QED) is 0.577. The number of aryl methyl sites for hydroxylation is 2. The average molecular weight is 446 g/mol. The molecule has 172 valence electrons. The molecule has 1 unspecified atom stereocenters. The van der Waals surface area contributed by atoms with Crippen molar-refractivity contribution in [2.24, 2.45) is 7.05 Å². The van der Waals surface area contributed by atoms with Gasteiger partial charge in [-0.2, -0.15) is 0 Å². The fraction of sp³-hybridized carbons (Fsp3) is 0.296. The number of hydrogen-bond acceptors (Lipinski definition) is 3. The zero-order valence-corrected chi connectivity index (χ0v) is 19.6. The first-order valence-corrected chi connectivity index (χ1v) is 11.2. The van der Waals surface area contributed by atoms with Gasteiger partial charge < -0.3 is 14.8 Å². The Kier molecular flexibility index (Phi) is 7.83. The van der Waals surface area contributed by atoms with Gasteiger partial charge in [-0.3, -0.25) is 14.4 Å². The van der Waals surface area contributed by atoms with Crippen molar-refractivity contribution < 1.29 is 9.59 Å². The van der Waals surface area contributed by atoms with Gasteiger partial charge in [0.25, 0.3) is 11.5 Å². The van der Waals surface area contributed by atoms with Gasteiger partial charge in [0.1, 0.15) is 6.04 Å². The molecule has 33 heavy (non-hydrogen) atoms. The summed E-state index contributed by atoms with van der Waals surface area (Å²) in [6.45, 7) is 3.91. The van der Waals surface area contributed by atoms with Crippen LogP contribution in [0.4, 0.5) is 0 Å². The van der Waals surface area contributed by atoms with Crippen molar-refractivity contribution in [2.45, 2.75) is 32.2 Å². The molecule has 0 saturated carbocycles. The van der Waals surface area contributed by atoms with Crippen LogP contribution in [0.25, 0.3) is 0 Å². The van der Waals surface area contributed by atoms with Gasteiger partial charge in [0, 0.05) is 38.3 Å². The number of likely N-dealkylation sites (N-methyl/N-ethyl adjacent to an activating group) is 1. The summed E-state index contributed by atoms with van der Waals surface area (Å²) in [5, 5.41) is 2.70. The smallest absolute Gasteiger partial charge is 0.256 e. The van der Waals surface area contributed by atoms with Gasteiger partial charge in [0.2, 0.25) is 5.91 Å². The Morgan fingerprint density at radius 3 is 2.00 bits per heavy atom. The van der Waals surface area contributed by atoms with Crippen LogP contribution < -0.4 is 10.9 Å². The third kappa shape index (κ3) is 5.40. The summed E-state index contributed by atoms with van der Waals surface area (Å²) < 4.78 is 1.41. The predicted molar refractivity (Wildman–Crippen MR) is 130 cm³/mol. The number of pyridine rings is 1. The molecule has 0 aliphatic heterocycles. The zero-order chi connectivity index (χ0) is 24.0. The third-order valence-electron chi connectivity index (χ3n) is 5.97. The standard InChI is InChI=1S/C27H31N3O3/c1-5-24(25(31)28-3)30(27(33)22-16-19(2)26(32)29(4)17-22)18-23(20-12-8-6-9-13-20)21-14-10-7-11-15-21/h6-17,23-24H,5,18H2,1-4H3,(H,28,31). The summed E-state index contributed by atoms with van der Waals surface area (Å²) in [4.78, 5) is 40.4. The van der Waals surface area contributed by atoms with E-state index in [4.69, 9.17) is 0 Å². The van der Waals surface area contributed by atoms with E-state index in [1.54, 1.807) is 38.2 Å². The molecule has 2 amide bonds. The first-order valence-electron chi connectivity index (χ1n) is 11.2. The molecule has 0 aliphatic carbocycles. The number of carbonyl (C=O) groups excluding carboxylic acids is 2. The second kappa shape index (κ2) is 10.8. The Balaban J connectivity index is 2.11. The molecule has 0 fully saturated rings. The highest BCUT2D eigenvalue weighted by Gasteiger charge is 2.32. The minimum atomic E-state index is -0.644. The fourth-order valence-electron chi connectivity index (χ4n) is 4.20. The van der Waals surface area contributed by atoms with Crippen molar-refractivity contribution in [1.29, 1.82) is 0 Å². The lowest BCUT2D eigenvalue weighted by Crippen LogP contribution is -2.50. The van der Waals surface area contributed by atoms with E-state index in [0.717, 1.165) is 11.1 Å². The summed E-state index contributed by atoms with van der Waals surface area (Å²) in [5.74, 6) is -0.614. The number of amides is 2. The van der Waals surface area contributed by atoms with Crippen LogP contribution in [0.3, 0.4) is 0 Å². The number of hydrogen-bond donors (Lipinski definition) is 1. The van der Waals surface area contributed by atoms with Gasteiger partial charge >= 0.3 is 0 Å². The molecule has 1 N–H and O–H groups in total. The normalized spacial score (nSPS) is 11.8. The molecule has 6 heteroatoms. The lowest BCUT2D eigenvalue weighted by Gasteiger charge is -2.34. The largest absolute Gasteiger partial charge is 0.357 e. The highest BCUT2D eigenvalue weighted by Crippen LogP contribution is 2.28. The molecule has 0 bridgehead atoms. The van der Waals surface area contributed by atoms with Crippen LogP contribution in [0, 0.1) is 6.92 Å². The Hall–Kier alpha value is -3.67. The van der Waals surface area contributed by atoms with Crippen LogP contribution in [0.1, 0.15) is 46.3 Å². The van der Waals surface area contributed by atoms with E-state index in [0.29, 0.717) is 24.1 Å². The van der Waals surface area contributed by atoms with Gasteiger partial charge in [-0.05, 0) is 30.5 Å². The summed E-state index contributed by atoms with van der Waals surface area (Å²) in [6.07, 6.45) is 2.01. The highest BCUT2D eigenvalue weighted by molar-refractivity contribution is 5.97. The molecule has 2 aromatic carbocycles. The van der Waals surface area contributed by atoms with Crippen molar-refractivity contribution in [3.8, 4) is 0 Å². The molecule has 1 atom stereocenters. The summed E-state index contributed by atoms with van der Waals surface area (Å²) >= 11 is 0. The van der Waals surface area contributed by atoms with Crippen LogP contribution >= 0.6 is 0 Å². The third-order valence-corrected chi connectivity index (χ3v) is 5.97. The Labute approximate surface area is 194 Å². The van der Waals surface area contributed by atoms with Crippen LogP contribution in [0.2, 0.25) is 0 Å². The number of rotatable bonds is 8. The van der Waals surface area contributed by atoms with Crippen LogP contribution in [-0.4, -0.2) is 40.9 Å². The minimum absolute atomic E-state index is 0.122. The van der Waals surface area contributed by atoms with E-state index in [2.05, 4.69) is 5.32 Å². The van der Waals surface area contributed by atoms with Crippen molar-refractivity contribution in [3.63, 3.8) is 0 Å². The van der Waals surface area contributed by atoms with Gasteiger partial charge in [0.15, 0.2) is 0 Å². The van der Waals surface area contributed by atoms with E-state index >= 15 is 0 Å². The van der Waals surface area contributed by atoms with Crippen LogP contribution in [-0.2, 0) is 11.8 Å². The van der Waals surface area contributed by atoms with E-state index in [9.17, 15) is 14.4 Å². The lowest BCUT2D eigenvalue weighted by atomic mass is 9.90. The van der Waals surface area contributed by atoms with E-state index in [-0.39, 0.29) is 23.3 Å². The summed E-state index contributed by atoms with van der Waals surface area (Å²) in [5.41, 5.74) is 2.84. The molecule has 0 spiro atoms. The molecule has 0 saturated heterocycles. The first-order chi connectivity index (χ1) is 15.9. The van der Waals surface area contributed by atoms with Gasteiger partial charge in [-0.15, -0.1) is 0 Å². The number of carbonyl (C=O) groups is 2. The topological polar surface area (TPSA) is 71.4 Å². The maximum atomic E-state index is 13.8. The molecule has 6 nitrogen and oxygen atoms in total. The fourth-order valence-corrected chi connectivity index (χ4v) is 4.20. The summed E-state index contributed by atoms with van der Waals surface area (Å²) in [6, 6.07) is 20.9. The Morgan fingerprint density at radius 2 is 1.55 bits per heavy atom. The maximum absolute atomic E-state index is 13.8. The van der Waals surface area contributed by atoms with E-state index < -0.39 is 6.04 Å². The average Bonchev–Trinajstić information content (AvgIpc) is 2.85. The minimum Gasteiger partial charge on any atom is -0.357 e. The molecule has 1 aromatic heterocycles. The van der Waals surface area contributed by atoms with Crippen molar-refractivity contribution in [1.82, 2.24) is 14.8 Å². The number of nitrogens with one attached hydrogen (secondary N) is 1. The summed E-state index contributed by atoms with van der Waals surface area (Å²) in [7, 11) is 3.21. The van der Waals surface area contributed by atoms with Crippen molar-refractivity contribution in [2.75, 3.05) is 13.6 Å². The first kappa shape index (κ1) is 24.0. The van der Waals surface area contributed by atoms with Crippen LogP contribution in [0.5, 0.6) is 0 Å². The Morgan fingerprint density at radius 1 is 1.00 bits per heavy atom. The second-order valence-corrected chi connectivity index (χ2v) is 8.20. The van der Waals surface area contributed by atoms with Gasteiger partial charge in [0.05, 0.1) is 5.56 Å². The number of aromatic nitrogens is 1. The van der Waals surface area contributed by atoms with Crippen molar-refractivity contribution >= 4 is 11.8 Å². The van der Waals surface area contributed by atoms with E-state index in [1.807, 2.05) is 67.6 Å². The Bertz CT molecular complexity index is 1090. The molecular weight excluding hydrogens is 414 g/mol. The van der Waals surface area contributed by atoms with Gasteiger partial charge in [-0.25, -0.2) is 0 Å². The van der Waals surface area contributed by atoms with Crippen molar-refractivity contribution in [3.05, 3.63) is 106 Å². The molecule has 0 radical (unpaired) electrons. The number of benzene rings is 2. The zero-order valence-electron chi connectivity index (χ0n) is 19.6. The lowest BCUT2D eigenvalue weighted by molar-refractivity contribution is -0.125. The van der Waals surface area contributed by atoms with Crippen LogP contribution in [0.15, 0.2) is 77.7 Å². The SMILES string of the molecule is CCC(C(=O)NC)N(CC(c1ccccc1)c1ccccc1)C(=O)c1cc(C)c(=O)n(C)c1. The predicted octanol–water partition coefficient (Wildman–Crippen LogP) is 3.49. The molecular formula is C27H31N3O3. The molecule has 3 aromatic rings. The number of nitrogens with zero attached hydrogens (tertiary/aromatic N) is 2. The maximum Gasteiger partial charge on any atom is 0.256 e.